The molecule has 2 aromatic rings. The van der Waals surface area contributed by atoms with Gasteiger partial charge in [0, 0.05) is 18.8 Å². The number of imide groups is 1. The van der Waals surface area contributed by atoms with Gasteiger partial charge in [0.2, 0.25) is 0 Å². The molecule has 0 fully saturated rings. The van der Waals surface area contributed by atoms with Crippen LogP contribution in [0.2, 0.25) is 0 Å². The standard InChI is InChI=1S/C24H25FN2O2/c1-2-3-6-15-27-23(28)21(18-11-13-19(25)14-12-18)22(24(27)29)26-16-7-9-17-8-4-5-10-20(17)26/h4-5,8,10-14H,2-3,6-7,9,15-16H2,1H3. The highest BCUT2D eigenvalue weighted by Gasteiger charge is 2.42. The van der Waals surface area contributed by atoms with Gasteiger partial charge in [-0.2, -0.15) is 0 Å². The molecule has 2 aromatic carbocycles. The third-order valence-electron chi connectivity index (χ3n) is 5.64. The number of hydrogen-bond donors (Lipinski definition) is 0. The van der Waals surface area contributed by atoms with Crippen molar-refractivity contribution in [1.29, 1.82) is 0 Å². The van der Waals surface area contributed by atoms with Crippen LogP contribution in [0.1, 0.15) is 43.7 Å². The monoisotopic (exact) mass is 392 g/mol. The molecule has 0 saturated heterocycles. The van der Waals surface area contributed by atoms with E-state index in [9.17, 15) is 14.0 Å². The van der Waals surface area contributed by atoms with E-state index < -0.39 is 0 Å². The maximum atomic E-state index is 13.5. The smallest absolute Gasteiger partial charge is 0.278 e. The Morgan fingerprint density at radius 2 is 1.72 bits per heavy atom. The van der Waals surface area contributed by atoms with Crippen LogP contribution in [0.25, 0.3) is 5.57 Å². The van der Waals surface area contributed by atoms with Crippen molar-refractivity contribution in [3.8, 4) is 0 Å². The molecule has 4 nitrogen and oxygen atoms in total. The number of carbonyl (C=O) groups is 2. The van der Waals surface area contributed by atoms with Crippen molar-refractivity contribution in [3.63, 3.8) is 0 Å². The van der Waals surface area contributed by atoms with E-state index in [-0.39, 0.29) is 17.6 Å². The van der Waals surface area contributed by atoms with Crippen molar-refractivity contribution in [2.75, 3.05) is 18.0 Å². The van der Waals surface area contributed by atoms with Gasteiger partial charge in [-0.1, -0.05) is 50.1 Å². The lowest BCUT2D eigenvalue weighted by Gasteiger charge is -2.32. The van der Waals surface area contributed by atoms with Crippen molar-refractivity contribution >= 4 is 23.1 Å². The number of hydrogen-bond acceptors (Lipinski definition) is 3. The Hall–Kier alpha value is -2.95. The molecule has 2 aliphatic rings. The van der Waals surface area contributed by atoms with Crippen LogP contribution in [-0.4, -0.2) is 29.8 Å². The third kappa shape index (κ3) is 3.57. The molecule has 0 bridgehead atoms. The number of nitrogens with zero attached hydrogens (tertiary/aromatic N) is 2. The molecule has 5 heteroatoms. The summed E-state index contributed by atoms with van der Waals surface area (Å²) in [5.41, 5.74) is 3.54. The minimum Gasteiger partial charge on any atom is -0.336 e. The van der Waals surface area contributed by atoms with Gasteiger partial charge in [0.1, 0.15) is 11.5 Å². The number of unbranched alkanes of at least 4 members (excludes halogenated alkanes) is 2. The second kappa shape index (κ2) is 8.19. The van der Waals surface area contributed by atoms with E-state index in [1.807, 2.05) is 23.1 Å². The normalized spacial score (nSPS) is 16.6. The number of anilines is 1. The van der Waals surface area contributed by atoms with E-state index >= 15 is 0 Å². The zero-order valence-electron chi connectivity index (χ0n) is 16.7. The fourth-order valence-electron chi connectivity index (χ4n) is 4.18. The van der Waals surface area contributed by atoms with Gasteiger partial charge in [-0.15, -0.1) is 0 Å². The van der Waals surface area contributed by atoms with Gasteiger partial charge in [-0.25, -0.2) is 4.39 Å². The molecule has 150 valence electrons. The first-order valence-electron chi connectivity index (χ1n) is 10.3. The molecule has 2 heterocycles. The van der Waals surface area contributed by atoms with Gasteiger partial charge >= 0.3 is 0 Å². The summed E-state index contributed by atoms with van der Waals surface area (Å²) in [4.78, 5) is 30.0. The minimum atomic E-state index is -0.365. The van der Waals surface area contributed by atoms with Crippen LogP contribution in [0.3, 0.4) is 0 Å². The first kappa shape index (κ1) is 19.4. The van der Waals surface area contributed by atoms with Crippen LogP contribution in [0.5, 0.6) is 0 Å². The number of rotatable bonds is 6. The summed E-state index contributed by atoms with van der Waals surface area (Å²) in [6, 6.07) is 13.9. The molecule has 2 aliphatic heterocycles. The number of halogens is 1. The summed E-state index contributed by atoms with van der Waals surface area (Å²) in [6.07, 6.45) is 4.63. The summed E-state index contributed by atoms with van der Waals surface area (Å²) >= 11 is 0. The molecular formula is C24H25FN2O2. The number of benzene rings is 2. The number of fused-ring (bicyclic) bond motifs is 1. The van der Waals surface area contributed by atoms with Crippen LogP contribution >= 0.6 is 0 Å². The lowest BCUT2D eigenvalue weighted by atomic mass is 9.98. The van der Waals surface area contributed by atoms with Gasteiger partial charge in [0.25, 0.3) is 11.8 Å². The molecule has 0 saturated carbocycles. The Kier molecular flexibility index (Phi) is 5.47. The predicted molar refractivity (Wildman–Crippen MR) is 112 cm³/mol. The highest BCUT2D eigenvalue weighted by Crippen LogP contribution is 2.37. The first-order chi connectivity index (χ1) is 14.1. The number of para-hydroxylation sites is 1. The number of aryl methyl sites for hydroxylation is 1. The summed E-state index contributed by atoms with van der Waals surface area (Å²) in [7, 11) is 0. The Morgan fingerprint density at radius 3 is 2.48 bits per heavy atom. The Morgan fingerprint density at radius 1 is 0.966 bits per heavy atom. The van der Waals surface area contributed by atoms with Crippen LogP contribution in [0.15, 0.2) is 54.2 Å². The minimum absolute atomic E-state index is 0.248. The lowest BCUT2D eigenvalue weighted by molar-refractivity contribution is -0.137. The van der Waals surface area contributed by atoms with Gasteiger partial charge < -0.3 is 4.90 Å². The highest BCUT2D eigenvalue weighted by atomic mass is 19.1. The van der Waals surface area contributed by atoms with E-state index in [0.29, 0.717) is 29.9 Å². The fourth-order valence-corrected chi connectivity index (χ4v) is 4.18. The SMILES string of the molecule is CCCCCN1C(=O)C(c2ccc(F)cc2)=C(N2CCCc3ccccc32)C1=O. The summed E-state index contributed by atoms with van der Waals surface area (Å²) in [5, 5.41) is 0. The second-order valence-electron chi connectivity index (χ2n) is 7.58. The van der Waals surface area contributed by atoms with Gasteiger partial charge in [-0.3, -0.25) is 14.5 Å². The summed E-state index contributed by atoms with van der Waals surface area (Å²) in [6.45, 7) is 3.18. The van der Waals surface area contributed by atoms with E-state index in [2.05, 4.69) is 13.0 Å². The summed E-state index contributed by atoms with van der Waals surface area (Å²) in [5.74, 6) is -0.895. The van der Waals surface area contributed by atoms with Gasteiger partial charge in [0.15, 0.2) is 0 Å². The largest absolute Gasteiger partial charge is 0.336 e. The Balaban J connectivity index is 1.81. The molecule has 4 rings (SSSR count). The van der Waals surface area contributed by atoms with Crippen LogP contribution in [0.4, 0.5) is 10.1 Å². The van der Waals surface area contributed by atoms with Crippen molar-refractivity contribution < 1.29 is 14.0 Å². The lowest BCUT2D eigenvalue weighted by Crippen LogP contribution is -2.37. The van der Waals surface area contributed by atoms with Crippen LogP contribution in [0, 0.1) is 5.82 Å². The van der Waals surface area contributed by atoms with E-state index in [1.54, 1.807) is 12.1 Å². The van der Waals surface area contributed by atoms with Crippen molar-refractivity contribution in [2.24, 2.45) is 0 Å². The summed E-state index contributed by atoms with van der Waals surface area (Å²) < 4.78 is 13.5. The quantitative estimate of drug-likeness (QED) is 0.535. The van der Waals surface area contributed by atoms with Crippen LogP contribution < -0.4 is 4.90 Å². The molecule has 0 radical (unpaired) electrons. The molecule has 0 unspecified atom stereocenters. The van der Waals surface area contributed by atoms with E-state index in [0.717, 1.165) is 37.8 Å². The topological polar surface area (TPSA) is 40.6 Å². The molecular weight excluding hydrogens is 367 g/mol. The van der Waals surface area contributed by atoms with E-state index in [1.165, 1.54) is 22.6 Å². The molecule has 29 heavy (non-hydrogen) atoms. The zero-order chi connectivity index (χ0) is 20.4. The second-order valence-corrected chi connectivity index (χ2v) is 7.58. The Bertz CT molecular complexity index is 965. The first-order valence-corrected chi connectivity index (χ1v) is 10.3. The van der Waals surface area contributed by atoms with Gasteiger partial charge in [0.05, 0.1) is 5.57 Å². The molecule has 0 spiro atoms. The van der Waals surface area contributed by atoms with E-state index in [4.69, 9.17) is 0 Å². The highest BCUT2D eigenvalue weighted by molar-refractivity contribution is 6.36. The maximum Gasteiger partial charge on any atom is 0.278 e. The fraction of sp³-hybridized carbons (Fsp3) is 0.333. The molecule has 0 aromatic heterocycles. The molecule has 0 N–H and O–H groups in total. The molecule has 0 atom stereocenters. The van der Waals surface area contributed by atoms with Crippen LogP contribution in [-0.2, 0) is 16.0 Å². The maximum absolute atomic E-state index is 13.5. The average Bonchev–Trinajstić information content (AvgIpc) is 2.98. The number of amides is 2. The van der Waals surface area contributed by atoms with Gasteiger partial charge in [-0.05, 0) is 48.6 Å². The van der Waals surface area contributed by atoms with Crippen molar-refractivity contribution in [1.82, 2.24) is 4.90 Å². The Labute approximate surface area is 170 Å². The zero-order valence-corrected chi connectivity index (χ0v) is 16.7. The van der Waals surface area contributed by atoms with Crippen molar-refractivity contribution in [2.45, 2.75) is 39.0 Å². The molecule has 0 aliphatic carbocycles. The number of carbonyl (C=O) groups excluding carboxylic acids is 2. The predicted octanol–water partition coefficient (Wildman–Crippen LogP) is 4.55. The average molecular weight is 392 g/mol. The third-order valence-corrected chi connectivity index (χ3v) is 5.64. The molecule has 2 amide bonds. The van der Waals surface area contributed by atoms with Crippen molar-refractivity contribution in [3.05, 3.63) is 71.2 Å².